The van der Waals surface area contributed by atoms with Gasteiger partial charge in [-0.15, -0.1) is 0 Å². The minimum Gasteiger partial charge on any atom is -0.299 e. The molecule has 2 atom stereocenters. The number of hydrogen-bond acceptors (Lipinski definition) is 1. The third-order valence-electron chi connectivity index (χ3n) is 2.81. The van der Waals surface area contributed by atoms with Crippen LogP contribution in [0.2, 0.25) is 0 Å². The molecule has 0 aliphatic heterocycles. The summed E-state index contributed by atoms with van der Waals surface area (Å²) >= 11 is 0. The molecule has 1 aliphatic carbocycles. The van der Waals surface area contributed by atoms with Gasteiger partial charge in [0.1, 0.15) is 5.78 Å². The molecule has 1 aliphatic rings. The van der Waals surface area contributed by atoms with E-state index in [9.17, 15) is 4.79 Å². The number of carbonyl (C=O) groups is 1. The summed E-state index contributed by atoms with van der Waals surface area (Å²) in [5, 5.41) is 0. The first-order valence-electron chi connectivity index (χ1n) is 4.76. The zero-order chi connectivity index (χ0) is 8.27. The fraction of sp³-hybridized carbons (Fsp3) is 0.900. The molecule has 1 saturated carbocycles. The van der Waals surface area contributed by atoms with E-state index in [-0.39, 0.29) is 0 Å². The Labute approximate surface area is 69.2 Å². The van der Waals surface area contributed by atoms with Gasteiger partial charge in [0.05, 0.1) is 0 Å². The number of rotatable bonds is 3. The van der Waals surface area contributed by atoms with Gasteiger partial charge in [-0.2, -0.15) is 0 Å². The van der Waals surface area contributed by atoms with Crippen LogP contribution in [0.25, 0.3) is 0 Å². The molecule has 2 unspecified atom stereocenters. The fourth-order valence-electron chi connectivity index (χ4n) is 1.79. The van der Waals surface area contributed by atoms with Crippen molar-refractivity contribution in [3.63, 3.8) is 0 Å². The number of hydrogen-bond donors (Lipinski definition) is 0. The molecular weight excluding hydrogens is 136 g/mol. The van der Waals surface area contributed by atoms with E-state index in [4.69, 9.17) is 0 Å². The Morgan fingerprint density at radius 2 is 2.36 bits per heavy atom. The molecule has 1 heteroatoms. The SMILES string of the molecule is CCC(C)CC1CCCC1=O. The predicted molar refractivity (Wildman–Crippen MR) is 46.4 cm³/mol. The average Bonchev–Trinajstić information content (AvgIpc) is 2.37. The summed E-state index contributed by atoms with van der Waals surface area (Å²) in [7, 11) is 0. The van der Waals surface area contributed by atoms with E-state index in [2.05, 4.69) is 13.8 Å². The van der Waals surface area contributed by atoms with E-state index >= 15 is 0 Å². The monoisotopic (exact) mass is 154 g/mol. The second-order valence-electron chi connectivity index (χ2n) is 3.80. The molecule has 0 amide bonds. The predicted octanol–water partition coefficient (Wildman–Crippen LogP) is 2.79. The van der Waals surface area contributed by atoms with Gasteiger partial charge in [-0.1, -0.05) is 20.3 Å². The first-order chi connectivity index (χ1) is 5.24. The zero-order valence-electron chi connectivity index (χ0n) is 7.60. The highest BCUT2D eigenvalue weighted by Gasteiger charge is 2.25. The first kappa shape index (κ1) is 8.76. The van der Waals surface area contributed by atoms with Gasteiger partial charge in [0.15, 0.2) is 0 Å². The van der Waals surface area contributed by atoms with Crippen molar-refractivity contribution in [1.82, 2.24) is 0 Å². The highest BCUT2D eigenvalue weighted by atomic mass is 16.1. The maximum Gasteiger partial charge on any atom is 0.135 e. The molecule has 1 nitrogen and oxygen atoms in total. The second-order valence-corrected chi connectivity index (χ2v) is 3.80. The van der Waals surface area contributed by atoms with E-state index in [0.717, 1.165) is 31.6 Å². The summed E-state index contributed by atoms with van der Waals surface area (Å²) in [5.74, 6) is 1.68. The van der Waals surface area contributed by atoms with Crippen LogP contribution in [0.5, 0.6) is 0 Å². The molecule has 0 saturated heterocycles. The molecule has 11 heavy (non-hydrogen) atoms. The quantitative estimate of drug-likeness (QED) is 0.611. The van der Waals surface area contributed by atoms with Crippen LogP contribution < -0.4 is 0 Å². The molecule has 1 rings (SSSR count). The number of Topliss-reactive ketones (excluding diaryl/α,β-unsaturated/α-hetero) is 1. The minimum atomic E-state index is 0.421. The molecule has 0 aromatic heterocycles. The zero-order valence-corrected chi connectivity index (χ0v) is 7.60. The van der Waals surface area contributed by atoms with Crippen molar-refractivity contribution in [2.24, 2.45) is 11.8 Å². The topological polar surface area (TPSA) is 17.1 Å². The Kier molecular flexibility index (Phi) is 3.10. The third kappa shape index (κ3) is 2.32. The standard InChI is InChI=1S/C10H18O/c1-3-8(2)7-9-5-4-6-10(9)11/h8-9H,3-7H2,1-2H3. The first-order valence-corrected chi connectivity index (χ1v) is 4.76. The summed E-state index contributed by atoms with van der Waals surface area (Å²) in [5.41, 5.74) is 0. The lowest BCUT2D eigenvalue weighted by Crippen LogP contribution is -2.10. The summed E-state index contributed by atoms with van der Waals surface area (Å²) in [6, 6.07) is 0. The summed E-state index contributed by atoms with van der Waals surface area (Å²) < 4.78 is 0. The van der Waals surface area contributed by atoms with Crippen LogP contribution in [-0.4, -0.2) is 5.78 Å². The van der Waals surface area contributed by atoms with Crippen molar-refractivity contribution in [2.45, 2.75) is 46.0 Å². The van der Waals surface area contributed by atoms with Crippen molar-refractivity contribution in [3.8, 4) is 0 Å². The molecule has 0 aromatic carbocycles. The van der Waals surface area contributed by atoms with Gasteiger partial charge in [0, 0.05) is 12.3 Å². The lowest BCUT2D eigenvalue weighted by Gasteiger charge is -2.12. The van der Waals surface area contributed by atoms with Gasteiger partial charge in [-0.25, -0.2) is 0 Å². The molecule has 0 heterocycles. The van der Waals surface area contributed by atoms with E-state index in [0.29, 0.717) is 11.7 Å². The summed E-state index contributed by atoms with van der Waals surface area (Å²) in [6.07, 6.45) is 5.49. The molecule has 0 radical (unpaired) electrons. The van der Waals surface area contributed by atoms with Crippen LogP contribution in [0.15, 0.2) is 0 Å². The van der Waals surface area contributed by atoms with Crippen molar-refractivity contribution in [2.75, 3.05) is 0 Å². The van der Waals surface area contributed by atoms with Crippen molar-refractivity contribution >= 4 is 5.78 Å². The molecular formula is C10H18O. The fourth-order valence-corrected chi connectivity index (χ4v) is 1.79. The van der Waals surface area contributed by atoms with Crippen LogP contribution in [-0.2, 0) is 4.79 Å². The van der Waals surface area contributed by atoms with Crippen LogP contribution in [0.3, 0.4) is 0 Å². The molecule has 0 aromatic rings. The third-order valence-corrected chi connectivity index (χ3v) is 2.81. The Morgan fingerprint density at radius 1 is 1.64 bits per heavy atom. The average molecular weight is 154 g/mol. The molecule has 0 spiro atoms. The van der Waals surface area contributed by atoms with Crippen molar-refractivity contribution < 1.29 is 4.79 Å². The molecule has 64 valence electrons. The van der Waals surface area contributed by atoms with Crippen LogP contribution in [0, 0.1) is 11.8 Å². The Morgan fingerprint density at radius 3 is 2.82 bits per heavy atom. The Balaban J connectivity index is 2.30. The normalized spacial score (nSPS) is 27.5. The lowest BCUT2D eigenvalue weighted by atomic mass is 9.92. The molecule has 0 N–H and O–H groups in total. The van der Waals surface area contributed by atoms with E-state index in [1.54, 1.807) is 0 Å². The largest absolute Gasteiger partial charge is 0.299 e. The second kappa shape index (κ2) is 3.89. The lowest BCUT2D eigenvalue weighted by molar-refractivity contribution is -0.121. The highest BCUT2D eigenvalue weighted by Crippen LogP contribution is 2.28. The maximum absolute atomic E-state index is 11.2. The Hall–Kier alpha value is -0.330. The van der Waals surface area contributed by atoms with E-state index in [1.807, 2.05) is 0 Å². The minimum absolute atomic E-state index is 0.421. The number of carbonyl (C=O) groups excluding carboxylic acids is 1. The van der Waals surface area contributed by atoms with Crippen LogP contribution >= 0.6 is 0 Å². The van der Waals surface area contributed by atoms with Crippen LogP contribution in [0.4, 0.5) is 0 Å². The van der Waals surface area contributed by atoms with Gasteiger partial charge in [-0.3, -0.25) is 4.79 Å². The van der Waals surface area contributed by atoms with Gasteiger partial charge in [0.25, 0.3) is 0 Å². The van der Waals surface area contributed by atoms with E-state index in [1.165, 1.54) is 6.42 Å². The van der Waals surface area contributed by atoms with E-state index < -0.39 is 0 Å². The van der Waals surface area contributed by atoms with Gasteiger partial charge in [-0.05, 0) is 25.2 Å². The van der Waals surface area contributed by atoms with Gasteiger partial charge in [0.2, 0.25) is 0 Å². The summed E-state index contributed by atoms with van der Waals surface area (Å²) in [4.78, 5) is 11.2. The maximum atomic E-state index is 11.2. The van der Waals surface area contributed by atoms with Crippen LogP contribution in [0.1, 0.15) is 46.0 Å². The smallest absolute Gasteiger partial charge is 0.135 e. The summed E-state index contributed by atoms with van der Waals surface area (Å²) in [6.45, 7) is 4.44. The van der Waals surface area contributed by atoms with Gasteiger partial charge < -0.3 is 0 Å². The number of ketones is 1. The van der Waals surface area contributed by atoms with Crippen molar-refractivity contribution in [3.05, 3.63) is 0 Å². The van der Waals surface area contributed by atoms with Gasteiger partial charge >= 0.3 is 0 Å². The highest BCUT2D eigenvalue weighted by molar-refractivity contribution is 5.82. The molecule has 0 bridgehead atoms. The Bertz CT molecular complexity index is 140. The van der Waals surface area contributed by atoms with Crippen molar-refractivity contribution in [1.29, 1.82) is 0 Å². The molecule has 1 fully saturated rings.